The van der Waals surface area contributed by atoms with Gasteiger partial charge in [-0.05, 0) is 0 Å². The number of nitrogens with zero attached hydrogens (tertiary/aromatic N) is 4. The average molecular weight is 311 g/mol. The van der Waals surface area contributed by atoms with Gasteiger partial charge in [-0.25, -0.2) is 0 Å². The highest BCUT2D eigenvalue weighted by molar-refractivity contribution is 5.88. The molecule has 126 valence electrons. The van der Waals surface area contributed by atoms with E-state index in [0.717, 1.165) is 17.9 Å². The minimum absolute atomic E-state index is 0.823. The Kier molecular flexibility index (Phi) is 4.61. The zero-order valence-corrected chi connectivity index (χ0v) is 16.9. The molecular formula is C18H38N4+4. The fourth-order valence-corrected chi connectivity index (χ4v) is 2.96. The van der Waals surface area contributed by atoms with Crippen LogP contribution in [0.3, 0.4) is 0 Å². The second-order valence-corrected chi connectivity index (χ2v) is 9.85. The summed E-state index contributed by atoms with van der Waals surface area (Å²) in [6, 6.07) is 4.63. The van der Waals surface area contributed by atoms with Crippen LogP contribution >= 0.6 is 0 Å². The van der Waals surface area contributed by atoms with Gasteiger partial charge in [0.1, 0.15) is 0 Å². The lowest BCUT2D eigenvalue weighted by molar-refractivity contribution is 0.409. The van der Waals surface area contributed by atoms with Crippen LogP contribution in [0.15, 0.2) is 12.1 Å². The Morgan fingerprint density at radius 2 is 0.636 bits per heavy atom. The topological polar surface area (TPSA) is 0 Å². The van der Waals surface area contributed by atoms with Crippen LogP contribution in [0.2, 0.25) is 0 Å². The van der Waals surface area contributed by atoms with E-state index in [4.69, 9.17) is 0 Å². The predicted molar refractivity (Wildman–Crippen MR) is 105 cm³/mol. The van der Waals surface area contributed by atoms with Gasteiger partial charge < -0.3 is 0 Å². The lowest BCUT2D eigenvalue weighted by Crippen LogP contribution is -2.47. The molecule has 0 atom stereocenters. The molecular weight excluding hydrogens is 272 g/mol. The van der Waals surface area contributed by atoms with Crippen LogP contribution in [-0.2, 0) is 0 Å². The first-order valence-corrected chi connectivity index (χ1v) is 7.92. The molecule has 0 heterocycles. The third-order valence-corrected chi connectivity index (χ3v) is 3.90. The van der Waals surface area contributed by atoms with Gasteiger partial charge in [0.2, 0.25) is 11.4 Å². The largest absolute Gasteiger partial charge is 0.293 e. The Morgan fingerprint density at radius 1 is 0.409 bits per heavy atom. The van der Waals surface area contributed by atoms with Crippen molar-refractivity contribution in [1.29, 1.82) is 0 Å². The quantitative estimate of drug-likeness (QED) is 0.750. The summed E-state index contributed by atoms with van der Waals surface area (Å²) in [4.78, 5) is 0. The first-order chi connectivity index (χ1) is 9.47. The van der Waals surface area contributed by atoms with Crippen molar-refractivity contribution < 1.29 is 0 Å². The molecule has 0 aliphatic rings. The third kappa shape index (κ3) is 3.87. The fraction of sp³-hybridized carbons (Fsp3) is 0.667. The summed E-state index contributed by atoms with van der Waals surface area (Å²) in [7, 11) is 27.1. The Morgan fingerprint density at radius 3 is 0.773 bits per heavy atom. The highest BCUT2D eigenvalue weighted by Crippen LogP contribution is 2.49. The minimum Gasteiger partial charge on any atom is -0.293 e. The van der Waals surface area contributed by atoms with E-state index in [1.165, 1.54) is 22.7 Å². The van der Waals surface area contributed by atoms with Crippen LogP contribution in [0.4, 0.5) is 22.7 Å². The summed E-state index contributed by atoms with van der Waals surface area (Å²) in [5, 5.41) is 0. The maximum atomic E-state index is 2.32. The van der Waals surface area contributed by atoms with Crippen molar-refractivity contribution in [3.05, 3.63) is 12.1 Å². The summed E-state index contributed by atoms with van der Waals surface area (Å²) in [5.41, 5.74) is 5.61. The number of rotatable bonds is 4. The zero-order chi connectivity index (χ0) is 17.7. The maximum absolute atomic E-state index is 2.32. The molecule has 0 bridgehead atoms. The number of hydrogen-bond acceptors (Lipinski definition) is 0. The fourth-order valence-electron chi connectivity index (χ4n) is 2.96. The first kappa shape index (κ1) is 19.1. The molecule has 0 N–H and O–H groups in total. The molecule has 22 heavy (non-hydrogen) atoms. The SMILES string of the molecule is C[N+](C)(C)c1ccc([N+](C)(C)C)c([N+](C)(C)C)c1[N+](C)(C)C. The first-order valence-electron chi connectivity index (χ1n) is 7.92. The van der Waals surface area contributed by atoms with E-state index in [1.54, 1.807) is 0 Å². The number of benzene rings is 1. The van der Waals surface area contributed by atoms with Crippen LogP contribution < -0.4 is 17.9 Å². The van der Waals surface area contributed by atoms with Crippen LogP contribution in [0.1, 0.15) is 0 Å². The van der Waals surface area contributed by atoms with Gasteiger partial charge in [-0.2, -0.15) is 0 Å². The number of quaternary nitrogens is 4. The summed E-state index contributed by atoms with van der Waals surface area (Å²) in [5.74, 6) is 0. The second-order valence-electron chi connectivity index (χ2n) is 9.85. The molecule has 4 heteroatoms. The van der Waals surface area contributed by atoms with E-state index >= 15 is 0 Å². The molecule has 0 aliphatic heterocycles. The van der Waals surface area contributed by atoms with Gasteiger partial charge in [0.25, 0.3) is 11.4 Å². The molecule has 0 saturated heterocycles. The normalized spacial score (nSPS) is 14.4. The average Bonchev–Trinajstić information content (AvgIpc) is 2.22. The minimum atomic E-state index is 0.823. The van der Waals surface area contributed by atoms with Gasteiger partial charge in [0.05, 0.1) is 84.6 Å². The van der Waals surface area contributed by atoms with Crippen molar-refractivity contribution in [1.82, 2.24) is 17.9 Å². The lowest BCUT2D eigenvalue weighted by Gasteiger charge is -2.38. The predicted octanol–water partition coefficient (Wildman–Crippen LogP) is 2.47. The molecule has 0 spiro atoms. The molecule has 0 aliphatic carbocycles. The van der Waals surface area contributed by atoms with E-state index in [1.807, 2.05) is 0 Å². The molecule has 1 aromatic rings. The van der Waals surface area contributed by atoms with E-state index in [2.05, 4.69) is 96.7 Å². The Bertz CT molecular complexity index is 496. The van der Waals surface area contributed by atoms with Crippen molar-refractivity contribution in [3.63, 3.8) is 0 Å². The summed E-state index contributed by atoms with van der Waals surface area (Å²) in [6.45, 7) is 0. The van der Waals surface area contributed by atoms with Gasteiger partial charge >= 0.3 is 0 Å². The molecule has 1 aromatic carbocycles. The molecule has 1 rings (SSSR count). The standard InChI is InChI=1S/C18H38N4/c1-19(2,3)15-13-14-16(20(4,5)6)18(22(10,11)12)17(15)21(7,8)9/h13-14H,1-12H3/q+4. The molecule has 4 nitrogen and oxygen atoms in total. The van der Waals surface area contributed by atoms with Crippen LogP contribution in [0.5, 0.6) is 0 Å². The molecule has 0 saturated carbocycles. The second kappa shape index (κ2) is 5.31. The summed E-state index contributed by atoms with van der Waals surface area (Å²) in [6.07, 6.45) is 0. The molecule has 0 unspecified atom stereocenters. The van der Waals surface area contributed by atoms with Crippen molar-refractivity contribution >= 4 is 22.7 Å². The molecule has 0 radical (unpaired) electrons. The lowest BCUT2D eigenvalue weighted by atomic mass is 10.1. The van der Waals surface area contributed by atoms with E-state index in [-0.39, 0.29) is 0 Å². The van der Waals surface area contributed by atoms with E-state index in [9.17, 15) is 0 Å². The smallest absolute Gasteiger partial charge is 0.261 e. The van der Waals surface area contributed by atoms with E-state index in [0.29, 0.717) is 0 Å². The van der Waals surface area contributed by atoms with E-state index < -0.39 is 0 Å². The Labute approximate surface area is 138 Å². The van der Waals surface area contributed by atoms with Gasteiger partial charge in [-0.15, -0.1) is 0 Å². The van der Waals surface area contributed by atoms with Gasteiger partial charge in [-0.1, -0.05) is 0 Å². The monoisotopic (exact) mass is 310 g/mol. The van der Waals surface area contributed by atoms with Crippen LogP contribution in [-0.4, -0.2) is 84.6 Å². The summed E-state index contributed by atoms with van der Waals surface area (Å²) >= 11 is 0. The summed E-state index contributed by atoms with van der Waals surface area (Å²) < 4.78 is 3.30. The molecule has 0 amide bonds. The highest BCUT2D eigenvalue weighted by Gasteiger charge is 2.42. The van der Waals surface area contributed by atoms with Gasteiger partial charge in [0, 0.05) is 12.1 Å². The van der Waals surface area contributed by atoms with Crippen LogP contribution in [0.25, 0.3) is 0 Å². The Balaban J connectivity index is 4.02. The zero-order valence-electron chi connectivity index (χ0n) is 16.9. The van der Waals surface area contributed by atoms with Crippen LogP contribution in [0, 0.1) is 0 Å². The van der Waals surface area contributed by atoms with Crippen molar-refractivity contribution in [2.24, 2.45) is 0 Å². The maximum Gasteiger partial charge on any atom is 0.261 e. The highest BCUT2D eigenvalue weighted by atomic mass is 15.4. The number of hydrogen-bond donors (Lipinski definition) is 0. The Hall–Kier alpha value is -0.940. The molecule has 0 aromatic heterocycles. The van der Waals surface area contributed by atoms with Crippen molar-refractivity contribution in [2.45, 2.75) is 0 Å². The third-order valence-electron chi connectivity index (χ3n) is 3.90. The molecule has 0 fully saturated rings. The van der Waals surface area contributed by atoms with Crippen molar-refractivity contribution in [3.8, 4) is 0 Å². The van der Waals surface area contributed by atoms with Gasteiger partial charge in [0.15, 0.2) is 0 Å². The van der Waals surface area contributed by atoms with Crippen molar-refractivity contribution in [2.75, 3.05) is 84.6 Å². The van der Waals surface area contributed by atoms with Gasteiger partial charge in [-0.3, -0.25) is 17.9 Å².